The summed E-state index contributed by atoms with van der Waals surface area (Å²) in [6.07, 6.45) is 1.65. The monoisotopic (exact) mass is 135 g/mol. The molecule has 2 radical (unpaired) electrons. The number of nitrogens with one attached hydrogen (secondary N) is 1. The first-order valence-corrected chi connectivity index (χ1v) is 3.09. The minimum absolute atomic E-state index is 0.530. The van der Waals surface area contributed by atoms with Crippen LogP contribution in [0.5, 0.6) is 0 Å². The molecule has 44 valence electrons. The van der Waals surface area contributed by atoms with Gasteiger partial charge in [-0.2, -0.15) is 0 Å². The summed E-state index contributed by atoms with van der Waals surface area (Å²) in [5.74, 6) is 0.530. The number of rotatable bonds is 1. The third kappa shape index (κ3) is 1.60. The molecule has 0 aliphatic rings. The predicted molar refractivity (Wildman–Crippen MR) is 38.0 cm³/mol. The quantitative estimate of drug-likeness (QED) is 0.539. The van der Waals surface area contributed by atoms with Gasteiger partial charge >= 0.3 is 16.5 Å². The van der Waals surface area contributed by atoms with Crippen molar-refractivity contribution in [2.45, 2.75) is 0 Å². The predicted octanol–water partition coefficient (Wildman–Crippen LogP) is 0.159. The lowest BCUT2D eigenvalue weighted by Gasteiger charge is -1.98. The van der Waals surface area contributed by atoms with Crippen LogP contribution in [0.3, 0.4) is 0 Å². The average Bonchev–Trinajstić information content (AvgIpc) is 1.88. The molecule has 4 heteroatoms. The van der Waals surface area contributed by atoms with Gasteiger partial charge in [-0.15, -0.1) is 0 Å². The fourth-order valence-electron chi connectivity index (χ4n) is 0.538. The molecule has 0 bridgehead atoms. The molecule has 0 atom stereocenters. The van der Waals surface area contributed by atoms with Crippen LogP contribution in [0.25, 0.3) is 0 Å². The van der Waals surface area contributed by atoms with E-state index in [2.05, 4.69) is 25.8 Å². The molecular formula is C5H6AlN3. The summed E-state index contributed by atoms with van der Waals surface area (Å²) in [4.78, 5) is 3.82. The van der Waals surface area contributed by atoms with Crippen molar-refractivity contribution in [2.24, 2.45) is 0 Å². The Morgan fingerprint density at radius 1 is 1.67 bits per heavy atom. The molecule has 0 aliphatic carbocycles. The van der Waals surface area contributed by atoms with Crippen LogP contribution in [0.1, 0.15) is 0 Å². The van der Waals surface area contributed by atoms with E-state index in [1.807, 2.05) is 6.07 Å². The second kappa shape index (κ2) is 2.72. The molecule has 1 aromatic rings. The van der Waals surface area contributed by atoms with Crippen LogP contribution in [0.15, 0.2) is 18.3 Å². The van der Waals surface area contributed by atoms with E-state index >= 15 is 0 Å². The van der Waals surface area contributed by atoms with Crippen LogP contribution in [-0.2, 0) is 0 Å². The molecule has 0 unspecified atom stereocenters. The normalized spacial score (nSPS) is 8.89. The summed E-state index contributed by atoms with van der Waals surface area (Å²) < 4.78 is 2.86. The van der Waals surface area contributed by atoms with E-state index in [-0.39, 0.29) is 0 Å². The maximum atomic E-state index is 5.37. The van der Waals surface area contributed by atoms with Gasteiger partial charge in [-0.3, -0.25) is 0 Å². The van der Waals surface area contributed by atoms with Crippen molar-refractivity contribution in [3.8, 4) is 0 Å². The molecule has 0 amide bonds. The first-order valence-electron chi connectivity index (χ1n) is 2.51. The smallest absolute Gasteiger partial charge is 0.305 e. The Hall–Kier alpha value is -0.718. The van der Waals surface area contributed by atoms with Crippen molar-refractivity contribution >= 4 is 28.0 Å². The fourth-order valence-corrected chi connectivity index (χ4v) is 0.718. The number of nitrogen functional groups attached to an aromatic ring is 1. The van der Waals surface area contributed by atoms with Crippen molar-refractivity contribution in [3.05, 3.63) is 18.3 Å². The van der Waals surface area contributed by atoms with E-state index in [0.717, 1.165) is 5.69 Å². The minimum atomic E-state index is 0.530. The van der Waals surface area contributed by atoms with Gasteiger partial charge in [0, 0.05) is 18.0 Å². The third-order valence-electron chi connectivity index (χ3n) is 0.948. The number of pyridine rings is 1. The van der Waals surface area contributed by atoms with Gasteiger partial charge in [0.15, 0.2) is 0 Å². The molecule has 9 heavy (non-hydrogen) atoms. The van der Waals surface area contributed by atoms with Crippen LogP contribution < -0.4 is 10.0 Å². The maximum absolute atomic E-state index is 5.37. The summed E-state index contributed by atoms with van der Waals surface area (Å²) in [5, 5.41) is 0. The van der Waals surface area contributed by atoms with Gasteiger partial charge in [-0.25, -0.2) is 4.98 Å². The highest BCUT2D eigenvalue weighted by atomic mass is 27.1. The van der Waals surface area contributed by atoms with Crippen LogP contribution in [-0.4, -0.2) is 21.5 Å². The van der Waals surface area contributed by atoms with Crippen molar-refractivity contribution in [1.82, 2.24) is 4.98 Å². The molecule has 1 aromatic heterocycles. The molecule has 1 heterocycles. The Morgan fingerprint density at radius 3 is 2.89 bits per heavy atom. The third-order valence-corrected chi connectivity index (χ3v) is 1.28. The SMILES string of the molecule is Nc1cc([NH][Al])ccn1. The number of hydrogen-bond donors (Lipinski definition) is 2. The molecule has 0 saturated heterocycles. The summed E-state index contributed by atoms with van der Waals surface area (Å²) in [5.41, 5.74) is 6.33. The van der Waals surface area contributed by atoms with Gasteiger partial charge in [0.25, 0.3) is 0 Å². The van der Waals surface area contributed by atoms with E-state index in [1.54, 1.807) is 12.3 Å². The van der Waals surface area contributed by atoms with E-state index in [0.29, 0.717) is 5.82 Å². The molecule has 1 rings (SSSR count). The van der Waals surface area contributed by atoms with E-state index in [9.17, 15) is 0 Å². The number of anilines is 2. The Kier molecular flexibility index (Phi) is 1.93. The number of nitrogens with two attached hydrogens (primary N) is 1. The minimum Gasteiger partial charge on any atom is -0.491 e. The van der Waals surface area contributed by atoms with Gasteiger partial charge in [-0.1, -0.05) is 0 Å². The molecular weight excluding hydrogens is 129 g/mol. The molecule has 0 saturated carbocycles. The highest BCUT2D eigenvalue weighted by molar-refractivity contribution is 6.15. The van der Waals surface area contributed by atoms with Crippen molar-refractivity contribution in [1.29, 1.82) is 0 Å². The molecule has 0 fully saturated rings. The molecule has 3 N–H and O–H groups in total. The largest absolute Gasteiger partial charge is 0.491 e. The van der Waals surface area contributed by atoms with Crippen LogP contribution >= 0.6 is 0 Å². The summed E-state index contributed by atoms with van der Waals surface area (Å²) >= 11 is 2.38. The highest BCUT2D eigenvalue weighted by Crippen LogP contribution is 2.06. The Labute approximate surface area is 61.9 Å². The number of nitrogens with zero attached hydrogens (tertiary/aromatic N) is 1. The Morgan fingerprint density at radius 2 is 2.44 bits per heavy atom. The second-order valence-electron chi connectivity index (χ2n) is 1.61. The Bertz CT molecular complexity index is 201. The molecule has 0 aliphatic heterocycles. The van der Waals surface area contributed by atoms with Crippen LogP contribution in [0, 0.1) is 0 Å². The van der Waals surface area contributed by atoms with Gasteiger partial charge in [0.1, 0.15) is 5.82 Å². The number of aromatic nitrogens is 1. The first-order chi connectivity index (χ1) is 4.33. The van der Waals surface area contributed by atoms with Gasteiger partial charge in [0.2, 0.25) is 0 Å². The zero-order valence-corrected chi connectivity index (χ0v) is 5.99. The molecule has 3 nitrogen and oxygen atoms in total. The van der Waals surface area contributed by atoms with Crippen LogP contribution in [0.2, 0.25) is 0 Å². The van der Waals surface area contributed by atoms with E-state index in [1.165, 1.54) is 0 Å². The first kappa shape index (κ1) is 6.40. The van der Waals surface area contributed by atoms with Gasteiger partial charge in [0.05, 0.1) is 0 Å². The standard InChI is InChI=1S/C5H6N3.Al/c6-4-1-2-8-5(7)3-4;/h1-3H,(H3-,6,7,8);/q-1;+1. The van der Waals surface area contributed by atoms with E-state index < -0.39 is 0 Å². The fraction of sp³-hybridized carbons (Fsp3) is 0. The zero-order chi connectivity index (χ0) is 6.69. The lowest BCUT2D eigenvalue weighted by atomic mass is 10.4. The van der Waals surface area contributed by atoms with Crippen LogP contribution in [0.4, 0.5) is 11.5 Å². The van der Waals surface area contributed by atoms with Crippen molar-refractivity contribution < 1.29 is 0 Å². The molecule has 0 spiro atoms. The van der Waals surface area contributed by atoms with Gasteiger partial charge < -0.3 is 10.0 Å². The summed E-state index contributed by atoms with van der Waals surface area (Å²) in [6, 6.07) is 3.59. The van der Waals surface area contributed by atoms with Crippen molar-refractivity contribution in [3.63, 3.8) is 0 Å². The summed E-state index contributed by atoms with van der Waals surface area (Å²) in [7, 11) is 0. The highest BCUT2D eigenvalue weighted by Gasteiger charge is 1.85. The van der Waals surface area contributed by atoms with Crippen molar-refractivity contribution in [2.75, 3.05) is 10.0 Å². The Balaban J connectivity index is 2.94. The second-order valence-corrected chi connectivity index (χ2v) is 1.90. The lowest BCUT2D eigenvalue weighted by molar-refractivity contribution is 1.34. The number of hydrogen-bond acceptors (Lipinski definition) is 3. The molecule has 0 aromatic carbocycles. The maximum Gasteiger partial charge on any atom is 0.305 e. The topological polar surface area (TPSA) is 50.9 Å². The zero-order valence-electron chi connectivity index (χ0n) is 4.83. The lowest BCUT2D eigenvalue weighted by Crippen LogP contribution is -1.93. The van der Waals surface area contributed by atoms with Gasteiger partial charge in [-0.05, 0) is 6.07 Å². The average molecular weight is 135 g/mol. The van der Waals surface area contributed by atoms with E-state index in [4.69, 9.17) is 5.73 Å². The summed E-state index contributed by atoms with van der Waals surface area (Å²) in [6.45, 7) is 0.